The van der Waals surface area contributed by atoms with Crippen molar-refractivity contribution >= 4 is 5.71 Å². The van der Waals surface area contributed by atoms with Crippen LogP contribution >= 0.6 is 0 Å². The Kier molecular flexibility index (Phi) is 6.36. The molecule has 1 unspecified atom stereocenters. The second kappa shape index (κ2) is 8.53. The van der Waals surface area contributed by atoms with Crippen molar-refractivity contribution < 1.29 is 14.4 Å². The fourth-order valence-corrected chi connectivity index (χ4v) is 4.41. The average molecular weight is 360 g/mol. The summed E-state index contributed by atoms with van der Waals surface area (Å²) in [4.78, 5) is 2.19. The van der Waals surface area contributed by atoms with Gasteiger partial charge in [0.1, 0.15) is 19.0 Å². The van der Waals surface area contributed by atoms with E-state index in [0.29, 0.717) is 11.7 Å². The molecule has 2 fully saturated rings. The van der Waals surface area contributed by atoms with Gasteiger partial charge in [-0.15, -0.1) is 0 Å². The number of aliphatic hydroxyl groups is 1. The second-order valence-corrected chi connectivity index (χ2v) is 8.37. The van der Waals surface area contributed by atoms with Gasteiger partial charge in [-0.05, 0) is 45.5 Å². The van der Waals surface area contributed by atoms with E-state index < -0.39 is 0 Å². The van der Waals surface area contributed by atoms with Gasteiger partial charge in [-0.25, -0.2) is 4.58 Å². The molecule has 1 saturated carbocycles. The smallest absolute Gasteiger partial charge is 0.200 e. The zero-order chi connectivity index (χ0) is 18.6. The molecule has 0 bridgehead atoms. The number of likely N-dealkylation sites (N-methyl/N-ethyl adjacent to an activating group) is 1. The first kappa shape index (κ1) is 19.4. The summed E-state index contributed by atoms with van der Waals surface area (Å²) < 4.78 is 7.78. The van der Waals surface area contributed by atoms with E-state index >= 15 is 0 Å². The van der Waals surface area contributed by atoms with Gasteiger partial charge >= 0.3 is 0 Å². The minimum absolute atomic E-state index is 0.317. The van der Waals surface area contributed by atoms with Crippen LogP contribution in [0.5, 0.6) is 0 Å². The molecule has 0 amide bonds. The minimum atomic E-state index is -0.317. The molecule has 2 aliphatic carbocycles. The van der Waals surface area contributed by atoms with Crippen molar-refractivity contribution in [3.63, 3.8) is 0 Å². The van der Waals surface area contributed by atoms with E-state index in [0.717, 1.165) is 38.3 Å². The summed E-state index contributed by atoms with van der Waals surface area (Å²) in [5.41, 5.74) is 1.83. The molecule has 1 heterocycles. The van der Waals surface area contributed by atoms with E-state index in [-0.39, 0.29) is 5.54 Å². The number of hydrogen-bond acceptors (Lipinski definition) is 3. The highest BCUT2D eigenvalue weighted by Crippen LogP contribution is 2.37. The number of allylic oxidation sites excluding steroid dienone is 5. The molecule has 4 nitrogen and oxygen atoms in total. The van der Waals surface area contributed by atoms with Crippen molar-refractivity contribution in [2.45, 2.75) is 51.0 Å². The zero-order valence-electron chi connectivity index (χ0n) is 16.7. The van der Waals surface area contributed by atoms with E-state index in [1.165, 1.54) is 37.8 Å². The molecule has 0 radical (unpaired) electrons. The standard InChI is InChI=1S/C22H34N2O2/c1-22(23(2)3,17-18-7-5-4-6-8-18)21(25)19-9-11-20(12-10-19)24-13-15-26-16-14-24/h9-12,18H,4-8,13-17H2,1-3H3/p+1. The molecule has 0 aromatic carbocycles. The van der Waals surface area contributed by atoms with Crippen LogP contribution in [0.1, 0.15) is 45.4 Å². The van der Waals surface area contributed by atoms with Crippen LogP contribution in [0.2, 0.25) is 0 Å². The number of morpholine rings is 1. The van der Waals surface area contributed by atoms with Crippen molar-refractivity contribution in [3.05, 3.63) is 35.6 Å². The van der Waals surface area contributed by atoms with Crippen LogP contribution in [0, 0.1) is 5.92 Å². The first-order chi connectivity index (χ1) is 12.5. The molecule has 0 aromatic rings. The first-order valence-corrected chi connectivity index (χ1v) is 10.2. The van der Waals surface area contributed by atoms with E-state index in [1.807, 2.05) is 0 Å². The minimum Gasteiger partial charge on any atom is -0.510 e. The summed E-state index contributed by atoms with van der Waals surface area (Å²) in [7, 11) is 4.17. The molecule has 1 N–H and O–H groups in total. The number of ether oxygens (including phenoxy) is 1. The Bertz CT molecular complexity index is 598. The SMILES string of the molecule is CN(C)C(C)(CC1CCCCC1)C(O)=C1C=CC(=[N+]2CCOCC2)C=C1. The summed E-state index contributed by atoms with van der Waals surface area (Å²) in [6, 6.07) is 0. The highest BCUT2D eigenvalue weighted by Gasteiger charge is 2.36. The Balaban J connectivity index is 1.80. The van der Waals surface area contributed by atoms with E-state index in [2.05, 4.69) is 54.8 Å². The van der Waals surface area contributed by atoms with Gasteiger partial charge in [0.2, 0.25) is 0 Å². The van der Waals surface area contributed by atoms with Crippen LogP contribution < -0.4 is 0 Å². The van der Waals surface area contributed by atoms with Gasteiger partial charge < -0.3 is 9.84 Å². The fraction of sp³-hybridized carbons (Fsp3) is 0.682. The third-order valence-corrected chi connectivity index (χ3v) is 6.43. The van der Waals surface area contributed by atoms with Crippen molar-refractivity contribution in [3.8, 4) is 0 Å². The molecular formula is C22H35N2O2+. The van der Waals surface area contributed by atoms with Gasteiger partial charge in [0.05, 0.1) is 5.54 Å². The summed E-state index contributed by atoms with van der Waals surface area (Å²) in [5, 5.41) is 11.2. The van der Waals surface area contributed by atoms with Crippen molar-refractivity contribution in [2.75, 3.05) is 40.4 Å². The highest BCUT2D eigenvalue weighted by molar-refractivity contribution is 6.02. The van der Waals surface area contributed by atoms with Crippen LogP contribution in [-0.4, -0.2) is 66.2 Å². The quantitative estimate of drug-likeness (QED) is 0.614. The maximum atomic E-state index is 11.2. The molecule has 0 aromatic heterocycles. The Morgan fingerprint density at radius 2 is 1.73 bits per heavy atom. The summed E-state index contributed by atoms with van der Waals surface area (Å²) in [5.74, 6) is 1.22. The molecule has 1 saturated heterocycles. The third-order valence-electron chi connectivity index (χ3n) is 6.43. The monoisotopic (exact) mass is 359 g/mol. The lowest BCUT2D eigenvalue weighted by molar-refractivity contribution is -0.547. The predicted octanol–water partition coefficient (Wildman–Crippen LogP) is 3.70. The Labute approximate surface area is 158 Å². The van der Waals surface area contributed by atoms with Crippen LogP contribution in [0.15, 0.2) is 35.6 Å². The molecule has 1 aliphatic heterocycles. The Morgan fingerprint density at radius 3 is 2.31 bits per heavy atom. The Morgan fingerprint density at radius 1 is 1.12 bits per heavy atom. The number of nitrogens with zero attached hydrogens (tertiary/aromatic N) is 2. The number of hydrogen-bond donors (Lipinski definition) is 1. The van der Waals surface area contributed by atoms with Gasteiger partial charge in [0.15, 0.2) is 18.8 Å². The molecule has 4 heteroatoms. The zero-order valence-corrected chi connectivity index (χ0v) is 16.7. The highest BCUT2D eigenvalue weighted by atomic mass is 16.5. The molecule has 1 atom stereocenters. The molecule has 3 aliphatic rings. The summed E-state index contributed by atoms with van der Waals surface area (Å²) in [6.07, 6.45) is 16.1. The van der Waals surface area contributed by atoms with Crippen molar-refractivity contribution in [1.82, 2.24) is 4.90 Å². The molecular weight excluding hydrogens is 324 g/mol. The lowest BCUT2D eigenvalue weighted by atomic mass is 9.77. The van der Waals surface area contributed by atoms with E-state index in [4.69, 9.17) is 4.74 Å². The molecule has 26 heavy (non-hydrogen) atoms. The van der Waals surface area contributed by atoms with Crippen LogP contribution in [0.3, 0.4) is 0 Å². The molecule has 144 valence electrons. The lowest BCUT2D eigenvalue weighted by Gasteiger charge is -2.40. The number of aliphatic hydroxyl groups excluding tert-OH is 1. The maximum Gasteiger partial charge on any atom is 0.200 e. The first-order valence-electron chi connectivity index (χ1n) is 10.2. The van der Waals surface area contributed by atoms with Gasteiger partial charge in [0, 0.05) is 17.7 Å². The third kappa shape index (κ3) is 4.29. The van der Waals surface area contributed by atoms with Gasteiger partial charge in [-0.1, -0.05) is 32.1 Å². The predicted molar refractivity (Wildman–Crippen MR) is 107 cm³/mol. The average Bonchev–Trinajstić information content (AvgIpc) is 2.69. The van der Waals surface area contributed by atoms with Gasteiger partial charge in [0.25, 0.3) is 0 Å². The van der Waals surface area contributed by atoms with Crippen LogP contribution in [-0.2, 0) is 4.74 Å². The second-order valence-electron chi connectivity index (χ2n) is 8.37. The van der Waals surface area contributed by atoms with Crippen LogP contribution in [0.25, 0.3) is 0 Å². The van der Waals surface area contributed by atoms with Crippen LogP contribution in [0.4, 0.5) is 0 Å². The van der Waals surface area contributed by atoms with Gasteiger partial charge in [-0.2, -0.15) is 0 Å². The van der Waals surface area contributed by atoms with Gasteiger partial charge in [-0.3, -0.25) is 4.90 Å². The number of rotatable bonds is 4. The van der Waals surface area contributed by atoms with E-state index in [1.54, 1.807) is 0 Å². The summed E-state index contributed by atoms with van der Waals surface area (Å²) in [6.45, 7) is 5.64. The molecule has 3 rings (SSSR count). The van der Waals surface area contributed by atoms with Crippen molar-refractivity contribution in [1.29, 1.82) is 0 Å². The largest absolute Gasteiger partial charge is 0.510 e. The van der Waals surface area contributed by atoms with E-state index in [9.17, 15) is 5.11 Å². The van der Waals surface area contributed by atoms with Crippen molar-refractivity contribution in [2.24, 2.45) is 5.92 Å². The maximum absolute atomic E-state index is 11.2. The fourth-order valence-electron chi connectivity index (χ4n) is 4.41. The molecule has 0 spiro atoms. The topological polar surface area (TPSA) is 35.7 Å². The lowest BCUT2D eigenvalue weighted by Crippen LogP contribution is -2.45. The normalized spacial score (nSPS) is 24.2. The summed E-state index contributed by atoms with van der Waals surface area (Å²) >= 11 is 0. The Hall–Kier alpha value is -1.39.